The summed E-state index contributed by atoms with van der Waals surface area (Å²) in [6.45, 7) is 3.63. The van der Waals surface area contributed by atoms with Crippen molar-refractivity contribution in [2.45, 2.75) is 13.8 Å². The van der Waals surface area contributed by atoms with E-state index in [0.29, 0.717) is 5.56 Å². The molecule has 1 radical (unpaired) electrons. The number of rotatable bonds is 1. The summed E-state index contributed by atoms with van der Waals surface area (Å²) >= 11 is 0. The van der Waals surface area contributed by atoms with E-state index in [1.807, 2.05) is 6.92 Å². The SMILES string of the molecule is Cc1ccc([Si](F)F)c(C)c1. The molecule has 0 fully saturated rings. The van der Waals surface area contributed by atoms with Gasteiger partial charge in [0.25, 0.3) is 0 Å². The van der Waals surface area contributed by atoms with Crippen LogP contribution < -0.4 is 5.19 Å². The molecule has 0 aliphatic carbocycles. The van der Waals surface area contributed by atoms with Crippen molar-refractivity contribution in [3.63, 3.8) is 0 Å². The van der Waals surface area contributed by atoms with Gasteiger partial charge in [0.05, 0.1) is 0 Å². The highest BCUT2D eigenvalue weighted by molar-refractivity contribution is 6.60. The predicted octanol–water partition coefficient (Wildman–Crippen LogP) is 1.94. The Morgan fingerprint density at radius 1 is 1.18 bits per heavy atom. The molecule has 0 aliphatic rings. The topological polar surface area (TPSA) is 0 Å². The van der Waals surface area contributed by atoms with E-state index in [-0.39, 0.29) is 5.19 Å². The van der Waals surface area contributed by atoms with E-state index in [1.54, 1.807) is 19.1 Å². The Morgan fingerprint density at radius 2 is 1.82 bits per heavy atom. The van der Waals surface area contributed by atoms with Gasteiger partial charge in [-0.25, -0.2) is 0 Å². The zero-order chi connectivity index (χ0) is 8.43. The van der Waals surface area contributed by atoms with Gasteiger partial charge < -0.3 is 0 Å². The third kappa shape index (κ3) is 1.86. The van der Waals surface area contributed by atoms with Crippen LogP contribution in [0, 0.1) is 13.8 Å². The molecule has 0 aromatic heterocycles. The highest BCUT2D eigenvalue weighted by Gasteiger charge is 2.15. The van der Waals surface area contributed by atoms with Crippen molar-refractivity contribution in [2.75, 3.05) is 0 Å². The number of hydrogen-bond acceptors (Lipinski definition) is 0. The summed E-state index contributed by atoms with van der Waals surface area (Å²) in [6.07, 6.45) is 0. The fraction of sp³-hybridized carbons (Fsp3) is 0.250. The third-order valence-electron chi connectivity index (χ3n) is 1.59. The highest BCUT2D eigenvalue weighted by atomic mass is 28.4. The fourth-order valence-electron chi connectivity index (χ4n) is 1.03. The summed E-state index contributed by atoms with van der Waals surface area (Å²) in [7, 11) is -3.26. The van der Waals surface area contributed by atoms with Crippen LogP contribution in [0.15, 0.2) is 18.2 Å². The molecule has 0 N–H and O–H groups in total. The minimum absolute atomic E-state index is 0.237. The lowest BCUT2D eigenvalue weighted by Crippen LogP contribution is -2.23. The molecule has 59 valence electrons. The molecule has 0 heterocycles. The van der Waals surface area contributed by atoms with Gasteiger partial charge in [-0.3, -0.25) is 8.22 Å². The highest BCUT2D eigenvalue weighted by Crippen LogP contribution is 2.02. The van der Waals surface area contributed by atoms with Gasteiger partial charge in [-0.1, -0.05) is 23.8 Å². The molecule has 0 saturated heterocycles. The lowest BCUT2D eigenvalue weighted by atomic mass is 10.2. The second-order valence-corrected chi connectivity index (χ2v) is 3.64. The van der Waals surface area contributed by atoms with Gasteiger partial charge in [-0.05, 0) is 19.4 Å². The smallest absolute Gasteiger partial charge is 0.262 e. The minimum Gasteiger partial charge on any atom is -0.262 e. The van der Waals surface area contributed by atoms with Crippen LogP contribution in [0.2, 0.25) is 0 Å². The maximum Gasteiger partial charge on any atom is 0.511 e. The molecule has 0 saturated carbocycles. The summed E-state index contributed by atoms with van der Waals surface area (Å²) < 4.78 is 24.5. The quantitative estimate of drug-likeness (QED) is 0.447. The Hall–Kier alpha value is -0.703. The molecule has 0 unspecified atom stereocenters. The van der Waals surface area contributed by atoms with Crippen LogP contribution in [0.4, 0.5) is 8.22 Å². The van der Waals surface area contributed by atoms with E-state index < -0.39 is 9.46 Å². The van der Waals surface area contributed by atoms with Gasteiger partial charge in [0.1, 0.15) is 0 Å². The fourth-order valence-corrected chi connectivity index (χ4v) is 1.61. The van der Waals surface area contributed by atoms with Crippen molar-refractivity contribution in [1.29, 1.82) is 0 Å². The van der Waals surface area contributed by atoms with Gasteiger partial charge in [-0.2, -0.15) is 0 Å². The monoisotopic (exact) mass is 171 g/mol. The first-order chi connectivity index (χ1) is 5.11. The van der Waals surface area contributed by atoms with Crippen molar-refractivity contribution in [3.05, 3.63) is 29.3 Å². The zero-order valence-corrected chi connectivity index (χ0v) is 7.49. The first kappa shape index (κ1) is 8.39. The molecule has 11 heavy (non-hydrogen) atoms. The summed E-state index contributed by atoms with van der Waals surface area (Å²) in [5.74, 6) is 0. The molecule has 3 heteroatoms. The maximum absolute atomic E-state index is 12.3. The van der Waals surface area contributed by atoms with Crippen LogP contribution in [-0.2, 0) is 0 Å². The third-order valence-corrected chi connectivity index (χ3v) is 2.55. The number of hydrogen-bond donors (Lipinski definition) is 0. The van der Waals surface area contributed by atoms with Crippen LogP contribution >= 0.6 is 0 Å². The normalized spacial score (nSPS) is 10.6. The molecule has 1 aromatic rings. The predicted molar refractivity (Wildman–Crippen MR) is 43.5 cm³/mol. The molecule has 0 bridgehead atoms. The second-order valence-electron chi connectivity index (χ2n) is 2.58. The van der Waals surface area contributed by atoms with Crippen molar-refractivity contribution in [3.8, 4) is 0 Å². The molecular weight excluding hydrogens is 162 g/mol. The average Bonchev–Trinajstić information content (AvgIpc) is 1.85. The van der Waals surface area contributed by atoms with Crippen molar-refractivity contribution in [2.24, 2.45) is 0 Å². The number of halogens is 2. The van der Waals surface area contributed by atoms with Gasteiger partial charge in [-0.15, -0.1) is 0 Å². The Labute approximate surface area is 66.8 Å². The van der Waals surface area contributed by atoms with Crippen molar-refractivity contribution >= 4 is 14.7 Å². The van der Waals surface area contributed by atoms with E-state index in [9.17, 15) is 8.22 Å². The van der Waals surface area contributed by atoms with Gasteiger partial charge >= 0.3 is 9.46 Å². The first-order valence-electron chi connectivity index (χ1n) is 3.37. The van der Waals surface area contributed by atoms with E-state index in [2.05, 4.69) is 0 Å². The van der Waals surface area contributed by atoms with Crippen LogP contribution in [0.1, 0.15) is 11.1 Å². The summed E-state index contributed by atoms with van der Waals surface area (Å²) in [5, 5.41) is 0.237. The van der Waals surface area contributed by atoms with Crippen LogP contribution in [0.3, 0.4) is 0 Å². The average molecular weight is 171 g/mol. The van der Waals surface area contributed by atoms with E-state index in [4.69, 9.17) is 0 Å². The van der Waals surface area contributed by atoms with E-state index in [1.165, 1.54) is 6.07 Å². The largest absolute Gasteiger partial charge is 0.511 e. The molecule has 0 aliphatic heterocycles. The maximum atomic E-state index is 12.3. The summed E-state index contributed by atoms with van der Waals surface area (Å²) in [4.78, 5) is 0. The lowest BCUT2D eigenvalue weighted by molar-refractivity contribution is 0.684. The lowest BCUT2D eigenvalue weighted by Gasteiger charge is -2.01. The Bertz CT molecular complexity index is 258. The molecular formula is C8H9F2Si. The summed E-state index contributed by atoms with van der Waals surface area (Å²) in [6, 6.07) is 5.05. The van der Waals surface area contributed by atoms with Crippen LogP contribution in [-0.4, -0.2) is 9.46 Å². The first-order valence-corrected chi connectivity index (χ1v) is 4.62. The summed E-state index contributed by atoms with van der Waals surface area (Å²) in [5.41, 5.74) is 1.75. The molecule has 0 atom stereocenters. The second kappa shape index (κ2) is 3.13. The molecule has 1 rings (SSSR count). The Kier molecular flexibility index (Phi) is 2.39. The van der Waals surface area contributed by atoms with Crippen molar-refractivity contribution in [1.82, 2.24) is 0 Å². The van der Waals surface area contributed by atoms with Crippen LogP contribution in [0.25, 0.3) is 0 Å². The Morgan fingerprint density at radius 3 is 2.27 bits per heavy atom. The minimum atomic E-state index is -3.26. The number of aryl methyl sites for hydroxylation is 2. The van der Waals surface area contributed by atoms with Gasteiger partial charge in [0, 0.05) is 5.19 Å². The van der Waals surface area contributed by atoms with Gasteiger partial charge in [0.2, 0.25) is 0 Å². The zero-order valence-electron chi connectivity index (χ0n) is 6.49. The molecule has 1 aromatic carbocycles. The molecule has 0 nitrogen and oxygen atoms in total. The van der Waals surface area contributed by atoms with Crippen molar-refractivity contribution < 1.29 is 8.22 Å². The Balaban J connectivity index is 3.09. The van der Waals surface area contributed by atoms with Gasteiger partial charge in [0.15, 0.2) is 0 Å². The van der Waals surface area contributed by atoms with Crippen LogP contribution in [0.5, 0.6) is 0 Å². The molecule has 0 amide bonds. The van der Waals surface area contributed by atoms with E-state index >= 15 is 0 Å². The standard InChI is InChI=1S/C8H9F2Si/c1-6-3-4-8(11(9)10)7(2)5-6/h3-5H,1-2H3. The van der Waals surface area contributed by atoms with E-state index in [0.717, 1.165) is 5.56 Å². The molecule has 0 spiro atoms. The number of benzene rings is 1.